The van der Waals surface area contributed by atoms with Crippen molar-refractivity contribution >= 4 is 44.6 Å². The lowest BCUT2D eigenvalue weighted by molar-refractivity contribution is -0.152. The molecule has 7 atom stereocenters. The zero-order valence-electron chi connectivity index (χ0n) is 34.8. The van der Waals surface area contributed by atoms with Crippen molar-refractivity contribution in [3.05, 3.63) is 46.8 Å². The molecule has 4 aliphatic rings. The lowest BCUT2D eigenvalue weighted by Gasteiger charge is -2.35. The van der Waals surface area contributed by atoms with Gasteiger partial charge in [-0.15, -0.1) is 5.10 Å². The Morgan fingerprint density at radius 3 is 2.36 bits per heavy atom. The number of halogens is 2. The molecule has 0 bridgehead atoms. The van der Waals surface area contributed by atoms with Crippen LogP contribution in [0.25, 0.3) is 10.8 Å². The number of amides is 4. The predicted molar refractivity (Wildman–Crippen MR) is 220 cm³/mol. The van der Waals surface area contributed by atoms with Gasteiger partial charge in [0.25, 0.3) is 17.4 Å². The van der Waals surface area contributed by atoms with Gasteiger partial charge in [-0.3, -0.25) is 23.9 Å². The average molecular weight is 853 g/mol. The number of benzene rings is 1. The van der Waals surface area contributed by atoms with Gasteiger partial charge in [-0.25, -0.2) is 26.7 Å². The maximum atomic E-state index is 14.9. The van der Waals surface area contributed by atoms with Crippen molar-refractivity contribution in [2.24, 2.45) is 17.8 Å². The molecule has 0 radical (unpaired) electrons. The third kappa shape index (κ3) is 8.83. The van der Waals surface area contributed by atoms with E-state index in [1.54, 1.807) is 58.0 Å². The molecule has 0 spiro atoms. The number of carbonyl (C=O) groups excluding carboxylic acids is 4. The highest BCUT2D eigenvalue weighted by Crippen LogP contribution is 2.47. The van der Waals surface area contributed by atoms with Crippen molar-refractivity contribution < 1.29 is 50.1 Å². The summed E-state index contributed by atoms with van der Waals surface area (Å²) in [6, 6.07) is 3.73. The molecule has 2 aliphatic carbocycles. The summed E-state index contributed by atoms with van der Waals surface area (Å²) in [6.45, 7) is 11.4. The first-order chi connectivity index (χ1) is 27.4. The van der Waals surface area contributed by atoms with Gasteiger partial charge in [-0.1, -0.05) is 38.1 Å². The Hall–Kier alpha value is -4.61. The molecule has 1 aromatic carbocycles. The van der Waals surface area contributed by atoms with E-state index in [1.165, 1.54) is 9.58 Å². The van der Waals surface area contributed by atoms with Crippen molar-refractivity contribution in [3.8, 4) is 5.88 Å². The van der Waals surface area contributed by atoms with Crippen LogP contribution in [0.15, 0.2) is 41.2 Å². The molecule has 3 N–H and O–H groups in total. The summed E-state index contributed by atoms with van der Waals surface area (Å²) in [4.78, 5) is 71.3. The number of aromatic nitrogens is 2. The van der Waals surface area contributed by atoms with Gasteiger partial charge >= 0.3 is 6.09 Å². The number of sulfonamides is 1. The standard InChI is InChI=1S/C41H56F2N6O9S.3H2/c1-23(2)49-34(51)29-16-12-11-15-28(29)33(46-49)57-27-20-30-32(50)45-41(36(53)47-59(55,56)39(7)17-18-39)21-26(41)14-10-9-13-24(3)19-25(4)31(35(52)48(30)22-27)44-37(54)58-38(5,6)40(8,42)43;;;/h10-12,14-16,23-27,30-31H,9,13,17-22H2,1-8H3,(H,44,54)(H,45,50)(H,47,53);3*1H/b14-10-;;;/t24-,25+,26+,27+,30-,31-,41+;;;/m0.../s1. The highest BCUT2D eigenvalue weighted by Gasteiger charge is 2.63. The van der Waals surface area contributed by atoms with E-state index in [0.29, 0.717) is 49.8 Å². The molecule has 3 heterocycles. The second-order valence-corrected chi connectivity index (χ2v) is 20.3. The fourth-order valence-electron chi connectivity index (χ4n) is 7.85. The Labute approximate surface area is 347 Å². The molecule has 1 aromatic heterocycles. The van der Waals surface area contributed by atoms with Gasteiger partial charge in [-0.05, 0) is 97.1 Å². The zero-order chi connectivity index (χ0) is 43.5. The first-order valence-electron chi connectivity index (χ1n) is 20.3. The normalized spacial score (nSPS) is 29.3. The Kier molecular flexibility index (Phi) is 11.8. The second-order valence-electron chi connectivity index (χ2n) is 18.1. The van der Waals surface area contributed by atoms with Crippen LogP contribution >= 0.6 is 0 Å². The molecule has 3 fully saturated rings. The van der Waals surface area contributed by atoms with Gasteiger partial charge in [0.15, 0.2) is 5.60 Å². The number of ether oxygens (including phenoxy) is 2. The largest absolute Gasteiger partial charge is 0.471 e. The number of hydrogen-bond donors (Lipinski definition) is 3. The third-order valence-electron chi connectivity index (χ3n) is 12.5. The number of nitrogens with one attached hydrogen (secondary N) is 3. The summed E-state index contributed by atoms with van der Waals surface area (Å²) < 4.78 is 69.3. The summed E-state index contributed by atoms with van der Waals surface area (Å²) in [5, 5.41) is 10.6. The van der Waals surface area contributed by atoms with E-state index < -0.39 is 85.7 Å². The number of nitrogens with zero attached hydrogens (tertiary/aromatic N) is 3. The van der Waals surface area contributed by atoms with Gasteiger partial charge in [0, 0.05) is 23.5 Å². The molecule has 0 unspecified atom stereocenters. The molecule has 2 saturated carbocycles. The molecule has 330 valence electrons. The number of hydrogen-bond acceptors (Lipinski definition) is 10. The summed E-state index contributed by atoms with van der Waals surface area (Å²) in [5.74, 6) is -6.83. The van der Waals surface area contributed by atoms with E-state index in [-0.39, 0.29) is 47.1 Å². The number of alkyl halides is 2. The number of fused-ring (bicyclic) bond motifs is 3. The van der Waals surface area contributed by atoms with Crippen molar-refractivity contribution in [1.82, 2.24) is 30.0 Å². The number of carbonyl (C=O) groups is 4. The summed E-state index contributed by atoms with van der Waals surface area (Å²) in [6.07, 6.45) is 3.92. The molecule has 6 rings (SSSR count). The Balaban J connectivity index is 0.00000341. The van der Waals surface area contributed by atoms with Crippen molar-refractivity contribution in [2.75, 3.05) is 6.54 Å². The SMILES string of the molecule is CC(C)n1nc(O[C@@H]2C[C@H]3C(=O)N[C@]4(C(=O)NS(=O)(=O)C5(C)CC5)C[C@H]4/C=C\CC[C@H](C)C[C@@H](C)[C@H](NC(=O)OC(C)(C)C(C)(F)F)C(=O)N3C2)c2ccccc2c1=O.[HH].[HH].[HH]. The topological polar surface area (TPSA) is 195 Å². The van der Waals surface area contributed by atoms with Crippen molar-refractivity contribution in [2.45, 2.75) is 146 Å². The molecule has 59 heavy (non-hydrogen) atoms. The fraction of sp³-hybridized carbons (Fsp3) is 0.659. The van der Waals surface area contributed by atoms with Gasteiger partial charge in [0.05, 0.1) is 28.1 Å². The average Bonchev–Trinajstić information content (AvgIpc) is 4.02. The van der Waals surface area contributed by atoms with Crippen LogP contribution in [0.3, 0.4) is 0 Å². The Bertz CT molecular complexity index is 2220. The Morgan fingerprint density at radius 1 is 1.07 bits per heavy atom. The molecular formula is C41H62F2N6O9S. The van der Waals surface area contributed by atoms with Crippen LogP contribution in [0.5, 0.6) is 5.88 Å². The van der Waals surface area contributed by atoms with Gasteiger partial charge in [-0.2, -0.15) is 0 Å². The maximum absolute atomic E-state index is 14.9. The van der Waals surface area contributed by atoms with E-state index in [1.807, 2.05) is 13.0 Å². The first kappa shape index (κ1) is 44.0. The molecular weight excluding hydrogens is 791 g/mol. The minimum absolute atomic E-state index is 0. The zero-order valence-corrected chi connectivity index (χ0v) is 35.7. The van der Waals surface area contributed by atoms with Crippen LogP contribution < -0.4 is 25.7 Å². The van der Waals surface area contributed by atoms with E-state index in [0.717, 1.165) is 13.8 Å². The predicted octanol–water partition coefficient (Wildman–Crippen LogP) is 5.48. The smallest absolute Gasteiger partial charge is 0.408 e. The summed E-state index contributed by atoms with van der Waals surface area (Å²) in [7, 11) is -4.07. The van der Waals surface area contributed by atoms with E-state index >= 15 is 0 Å². The fourth-order valence-corrected chi connectivity index (χ4v) is 9.16. The maximum Gasteiger partial charge on any atom is 0.408 e. The molecule has 2 aliphatic heterocycles. The van der Waals surface area contributed by atoms with Crippen LogP contribution in [-0.2, 0) is 29.1 Å². The van der Waals surface area contributed by atoms with Crippen LogP contribution in [0, 0.1) is 17.8 Å². The van der Waals surface area contributed by atoms with Crippen LogP contribution in [-0.4, -0.2) is 93.5 Å². The van der Waals surface area contributed by atoms with Crippen LogP contribution in [0.1, 0.15) is 111 Å². The molecule has 4 amide bonds. The summed E-state index contributed by atoms with van der Waals surface area (Å²) in [5.41, 5.74) is -4.21. The molecule has 1 saturated heterocycles. The lowest BCUT2D eigenvalue weighted by atomic mass is 9.88. The summed E-state index contributed by atoms with van der Waals surface area (Å²) >= 11 is 0. The third-order valence-corrected chi connectivity index (χ3v) is 14.6. The van der Waals surface area contributed by atoms with Gasteiger partial charge in [0.1, 0.15) is 23.7 Å². The monoisotopic (exact) mass is 852 g/mol. The van der Waals surface area contributed by atoms with E-state index in [9.17, 15) is 41.2 Å². The molecule has 15 nitrogen and oxygen atoms in total. The first-order valence-corrected chi connectivity index (χ1v) is 21.8. The van der Waals surface area contributed by atoms with Crippen molar-refractivity contribution in [3.63, 3.8) is 0 Å². The highest BCUT2D eigenvalue weighted by atomic mass is 32.2. The molecule has 18 heteroatoms. The Morgan fingerprint density at radius 2 is 1.73 bits per heavy atom. The highest BCUT2D eigenvalue weighted by molar-refractivity contribution is 7.91. The molecule has 2 aromatic rings. The minimum Gasteiger partial charge on any atom is -0.471 e. The van der Waals surface area contributed by atoms with Gasteiger partial charge in [0.2, 0.25) is 27.7 Å². The van der Waals surface area contributed by atoms with E-state index in [2.05, 4.69) is 20.5 Å². The second kappa shape index (κ2) is 15.8. The minimum atomic E-state index is -4.07. The van der Waals surface area contributed by atoms with E-state index in [4.69, 9.17) is 9.47 Å². The number of alkyl carbamates (subject to hydrolysis) is 1. The lowest BCUT2D eigenvalue weighted by Crippen LogP contribution is -2.59. The van der Waals surface area contributed by atoms with Crippen LogP contribution in [0.2, 0.25) is 0 Å². The van der Waals surface area contributed by atoms with Gasteiger partial charge < -0.3 is 25.0 Å². The number of allylic oxidation sites excluding steroid dienone is 1. The number of rotatable bonds is 9. The van der Waals surface area contributed by atoms with Crippen molar-refractivity contribution in [1.29, 1.82) is 0 Å². The van der Waals surface area contributed by atoms with Crippen LogP contribution in [0.4, 0.5) is 13.6 Å². The quantitative estimate of drug-likeness (QED) is 0.272.